The van der Waals surface area contributed by atoms with E-state index in [0.29, 0.717) is 29.1 Å². The van der Waals surface area contributed by atoms with Gasteiger partial charge in [0.05, 0.1) is 6.26 Å². The standard InChI is InChI=1S/C27H37NO4/c1-16(28)25(30)32-19-10-12-26(2)18(14-19)5-6-20-22-8-7-21(17-4-9-24(29)31-15-17)27(22,3)13-11-23(20)26/h4,8-9,15-16,18-21,23H,5-7,10-14,28H2,1-3H3/t16?,18-,19+,20+,21-,23+,26+,27-/m1/s1. The van der Waals surface area contributed by atoms with Crippen molar-refractivity contribution in [3.05, 3.63) is 46.0 Å². The molecule has 5 heteroatoms. The molecule has 4 aliphatic carbocycles. The van der Waals surface area contributed by atoms with Crippen LogP contribution in [-0.4, -0.2) is 18.1 Å². The van der Waals surface area contributed by atoms with Crippen molar-refractivity contribution in [2.45, 2.75) is 90.2 Å². The van der Waals surface area contributed by atoms with Crippen LogP contribution in [0.1, 0.15) is 83.6 Å². The molecule has 1 aromatic rings. The lowest BCUT2D eigenvalue weighted by molar-refractivity contribution is -0.158. The number of nitrogens with two attached hydrogens (primary N) is 1. The van der Waals surface area contributed by atoms with Crippen LogP contribution in [0.15, 0.2) is 39.3 Å². The highest BCUT2D eigenvalue weighted by atomic mass is 16.5. The van der Waals surface area contributed by atoms with Crippen LogP contribution >= 0.6 is 0 Å². The summed E-state index contributed by atoms with van der Waals surface area (Å²) >= 11 is 0. The summed E-state index contributed by atoms with van der Waals surface area (Å²) in [5.41, 5.74) is 8.75. The summed E-state index contributed by atoms with van der Waals surface area (Å²) in [6.07, 6.45) is 13.2. The third-order valence-corrected chi connectivity index (χ3v) is 9.80. The molecule has 5 rings (SSSR count). The van der Waals surface area contributed by atoms with Gasteiger partial charge in [-0.05, 0) is 104 Å². The Morgan fingerprint density at radius 1 is 1.19 bits per heavy atom. The molecule has 0 radical (unpaired) electrons. The lowest BCUT2D eigenvalue weighted by Crippen LogP contribution is -2.52. The molecule has 3 saturated carbocycles. The first-order chi connectivity index (χ1) is 15.2. The maximum atomic E-state index is 12.0. The van der Waals surface area contributed by atoms with Crippen LogP contribution in [0.4, 0.5) is 0 Å². The van der Waals surface area contributed by atoms with E-state index in [0.717, 1.165) is 31.2 Å². The maximum absolute atomic E-state index is 12.0. The van der Waals surface area contributed by atoms with Gasteiger partial charge >= 0.3 is 11.6 Å². The quantitative estimate of drug-likeness (QED) is 0.532. The maximum Gasteiger partial charge on any atom is 0.335 e. The van der Waals surface area contributed by atoms with Crippen molar-refractivity contribution in [1.29, 1.82) is 0 Å². The van der Waals surface area contributed by atoms with E-state index in [1.54, 1.807) is 24.8 Å². The summed E-state index contributed by atoms with van der Waals surface area (Å²) in [5, 5.41) is 0. The Labute approximate surface area is 190 Å². The van der Waals surface area contributed by atoms with Crippen molar-refractivity contribution in [3.63, 3.8) is 0 Å². The number of carbonyl (C=O) groups is 1. The fourth-order valence-electron chi connectivity index (χ4n) is 8.00. The highest BCUT2D eigenvalue weighted by Crippen LogP contribution is 2.67. The van der Waals surface area contributed by atoms with E-state index in [-0.39, 0.29) is 23.1 Å². The zero-order chi connectivity index (χ0) is 22.7. The predicted octanol–water partition coefficient (Wildman–Crippen LogP) is 4.95. The predicted molar refractivity (Wildman–Crippen MR) is 123 cm³/mol. The van der Waals surface area contributed by atoms with Crippen LogP contribution < -0.4 is 11.4 Å². The van der Waals surface area contributed by atoms with Gasteiger partial charge in [0.2, 0.25) is 0 Å². The zero-order valence-electron chi connectivity index (χ0n) is 19.6. The van der Waals surface area contributed by atoms with Gasteiger partial charge < -0.3 is 14.9 Å². The third kappa shape index (κ3) is 3.39. The van der Waals surface area contributed by atoms with Gasteiger partial charge in [0.1, 0.15) is 12.1 Å². The minimum absolute atomic E-state index is 0.0276. The molecule has 0 saturated heterocycles. The largest absolute Gasteiger partial charge is 0.461 e. The summed E-state index contributed by atoms with van der Waals surface area (Å²) < 4.78 is 11.0. The van der Waals surface area contributed by atoms with Gasteiger partial charge in [-0.15, -0.1) is 0 Å². The molecule has 0 spiro atoms. The highest BCUT2D eigenvalue weighted by Gasteiger charge is 2.58. The number of ether oxygens (including phenoxy) is 1. The average molecular weight is 440 g/mol. The molecular formula is C27H37NO4. The van der Waals surface area contributed by atoms with E-state index < -0.39 is 6.04 Å². The first-order valence-electron chi connectivity index (χ1n) is 12.5. The van der Waals surface area contributed by atoms with Crippen LogP contribution in [0.3, 0.4) is 0 Å². The number of hydrogen-bond donors (Lipinski definition) is 1. The molecule has 5 nitrogen and oxygen atoms in total. The van der Waals surface area contributed by atoms with Crippen LogP contribution in [0.2, 0.25) is 0 Å². The Bertz CT molecular complexity index is 960. The van der Waals surface area contributed by atoms with Gasteiger partial charge in [0.15, 0.2) is 0 Å². The lowest BCUT2D eigenvalue weighted by Gasteiger charge is -2.59. The summed E-state index contributed by atoms with van der Waals surface area (Å²) in [6, 6.07) is 2.98. The zero-order valence-corrected chi connectivity index (χ0v) is 19.6. The molecule has 32 heavy (non-hydrogen) atoms. The molecule has 8 atom stereocenters. The van der Waals surface area contributed by atoms with Gasteiger partial charge in [0.25, 0.3) is 0 Å². The third-order valence-electron chi connectivity index (χ3n) is 9.80. The number of allylic oxidation sites excluding steroid dienone is 2. The fraction of sp³-hybridized carbons (Fsp3) is 0.704. The van der Waals surface area contributed by atoms with Crippen molar-refractivity contribution in [1.82, 2.24) is 0 Å². The molecule has 0 aliphatic heterocycles. The Kier molecular flexibility index (Phi) is 5.39. The van der Waals surface area contributed by atoms with E-state index in [1.807, 2.05) is 6.07 Å². The van der Waals surface area contributed by atoms with Crippen LogP contribution in [-0.2, 0) is 9.53 Å². The summed E-state index contributed by atoms with van der Waals surface area (Å²) in [5.74, 6) is 2.12. The van der Waals surface area contributed by atoms with E-state index in [9.17, 15) is 9.59 Å². The van der Waals surface area contributed by atoms with E-state index in [1.165, 1.54) is 25.7 Å². The Hall–Kier alpha value is -1.88. The second-order valence-corrected chi connectivity index (χ2v) is 11.4. The van der Waals surface area contributed by atoms with Crippen molar-refractivity contribution >= 4 is 5.97 Å². The van der Waals surface area contributed by atoms with Crippen LogP contribution in [0.5, 0.6) is 0 Å². The van der Waals surface area contributed by atoms with Gasteiger partial charge in [-0.2, -0.15) is 0 Å². The summed E-state index contributed by atoms with van der Waals surface area (Å²) in [6.45, 7) is 6.65. The molecule has 174 valence electrons. The van der Waals surface area contributed by atoms with Crippen LogP contribution in [0.25, 0.3) is 0 Å². The lowest BCUT2D eigenvalue weighted by atomic mass is 9.46. The highest BCUT2D eigenvalue weighted by molar-refractivity contribution is 5.75. The van der Waals surface area contributed by atoms with E-state index in [2.05, 4.69) is 19.9 Å². The van der Waals surface area contributed by atoms with Crippen molar-refractivity contribution in [2.75, 3.05) is 0 Å². The first kappa shape index (κ1) is 21.9. The minimum atomic E-state index is -0.546. The molecule has 0 amide bonds. The molecule has 4 aliphatic rings. The molecular weight excluding hydrogens is 402 g/mol. The number of carbonyl (C=O) groups excluding carboxylic acids is 1. The average Bonchev–Trinajstić information content (AvgIpc) is 3.11. The smallest absolute Gasteiger partial charge is 0.335 e. The van der Waals surface area contributed by atoms with Gasteiger partial charge in [0, 0.05) is 6.07 Å². The van der Waals surface area contributed by atoms with E-state index >= 15 is 0 Å². The number of rotatable bonds is 3. The second kappa shape index (κ2) is 7.86. The Morgan fingerprint density at radius 3 is 2.72 bits per heavy atom. The molecule has 1 unspecified atom stereocenters. The van der Waals surface area contributed by atoms with Gasteiger partial charge in [-0.1, -0.05) is 25.5 Å². The molecule has 3 fully saturated rings. The minimum Gasteiger partial charge on any atom is -0.461 e. The number of hydrogen-bond acceptors (Lipinski definition) is 5. The Morgan fingerprint density at radius 2 is 2.00 bits per heavy atom. The van der Waals surface area contributed by atoms with Crippen molar-refractivity contribution < 1.29 is 13.9 Å². The molecule has 0 aromatic carbocycles. The number of esters is 1. The number of fused-ring (bicyclic) bond motifs is 5. The Balaban J connectivity index is 1.34. The van der Waals surface area contributed by atoms with E-state index in [4.69, 9.17) is 14.9 Å². The SMILES string of the molecule is CC(N)C(=O)O[C@H]1CC[C@@]2(C)[C@H](CC[C@H]3C4=CC[C@H](c5ccc(=O)oc5)[C@@]4(C)CC[C@@H]32)C1. The molecule has 1 aromatic heterocycles. The second-order valence-electron chi connectivity index (χ2n) is 11.4. The molecule has 2 N–H and O–H groups in total. The first-order valence-corrected chi connectivity index (χ1v) is 12.5. The van der Waals surface area contributed by atoms with Crippen molar-refractivity contribution in [3.8, 4) is 0 Å². The monoisotopic (exact) mass is 439 g/mol. The summed E-state index contributed by atoms with van der Waals surface area (Å²) in [4.78, 5) is 23.5. The normalized spacial score (nSPS) is 41.6. The van der Waals surface area contributed by atoms with Crippen LogP contribution in [0, 0.1) is 28.6 Å². The molecule has 1 heterocycles. The summed E-state index contributed by atoms with van der Waals surface area (Å²) in [7, 11) is 0. The van der Waals surface area contributed by atoms with Gasteiger partial charge in [-0.25, -0.2) is 4.79 Å². The fourth-order valence-corrected chi connectivity index (χ4v) is 8.00. The van der Waals surface area contributed by atoms with Crippen molar-refractivity contribution in [2.24, 2.45) is 34.3 Å². The van der Waals surface area contributed by atoms with Gasteiger partial charge in [-0.3, -0.25) is 4.79 Å². The molecule has 0 bridgehead atoms. The topological polar surface area (TPSA) is 82.5 Å².